The van der Waals surface area contributed by atoms with Crippen LogP contribution in [0.15, 0.2) is 12.1 Å². The van der Waals surface area contributed by atoms with E-state index in [0.29, 0.717) is 5.69 Å². The van der Waals surface area contributed by atoms with Gasteiger partial charge in [0.2, 0.25) is 0 Å². The Balaban J connectivity index is 1.92. The summed E-state index contributed by atoms with van der Waals surface area (Å²) < 4.78 is 53.8. The second kappa shape index (κ2) is 6.13. The number of aryl methyl sites for hydroxylation is 1. The number of nitrogens with zero attached hydrogens (tertiary/aromatic N) is 2. The van der Waals surface area contributed by atoms with E-state index in [1.807, 2.05) is 41.5 Å². The van der Waals surface area contributed by atoms with Gasteiger partial charge < -0.3 is 9.31 Å². The number of hydrogen-bond donors (Lipinski definition) is 0. The summed E-state index contributed by atoms with van der Waals surface area (Å²) in [5.74, 6) is -3.90. The molecule has 140 valence electrons. The molecular formula is C18H22BF3N2O2. The monoisotopic (exact) mass is 366 g/mol. The molecular weight excluding hydrogens is 344 g/mol. The van der Waals surface area contributed by atoms with Crippen molar-refractivity contribution in [2.45, 2.75) is 59.3 Å². The molecule has 0 N–H and O–H groups in total. The van der Waals surface area contributed by atoms with E-state index in [9.17, 15) is 13.2 Å². The SMILES string of the molecule is Cc1nn(Cc2cc(F)c(F)c(F)c2)c(C)c1B1OC(C)(C)C(C)(C)O1. The average molecular weight is 366 g/mol. The fourth-order valence-corrected chi connectivity index (χ4v) is 3.04. The van der Waals surface area contributed by atoms with Crippen LogP contribution in [0.3, 0.4) is 0 Å². The van der Waals surface area contributed by atoms with Crippen LogP contribution in [0.2, 0.25) is 0 Å². The van der Waals surface area contributed by atoms with Crippen molar-refractivity contribution in [3.8, 4) is 0 Å². The van der Waals surface area contributed by atoms with Crippen molar-refractivity contribution in [3.63, 3.8) is 0 Å². The summed E-state index contributed by atoms with van der Waals surface area (Å²) in [7, 11) is -0.574. The van der Waals surface area contributed by atoms with Crippen molar-refractivity contribution in [3.05, 3.63) is 46.5 Å². The molecule has 0 bridgehead atoms. The predicted octanol–water partition coefficient (Wildman–Crippen LogP) is 3.26. The Bertz CT molecular complexity index is 825. The van der Waals surface area contributed by atoms with Crippen molar-refractivity contribution in [1.82, 2.24) is 9.78 Å². The van der Waals surface area contributed by atoms with Gasteiger partial charge in [0, 0.05) is 11.2 Å². The van der Waals surface area contributed by atoms with Gasteiger partial charge in [-0.25, -0.2) is 13.2 Å². The summed E-state index contributed by atoms with van der Waals surface area (Å²) in [5.41, 5.74) is 1.60. The lowest BCUT2D eigenvalue weighted by Gasteiger charge is -2.32. The van der Waals surface area contributed by atoms with Crippen molar-refractivity contribution in [1.29, 1.82) is 0 Å². The van der Waals surface area contributed by atoms with Crippen LogP contribution in [0.25, 0.3) is 0 Å². The first-order valence-corrected chi connectivity index (χ1v) is 8.46. The molecule has 1 aliphatic rings. The van der Waals surface area contributed by atoms with E-state index >= 15 is 0 Å². The Morgan fingerprint density at radius 2 is 1.50 bits per heavy atom. The smallest absolute Gasteiger partial charge is 0.399 e. The van der Waals surface area contributed by atoms with E-state index in [0.717, 1.165) is 23.3 Å². The third-order valence-corrected chi connectivity index (χ3v) is 5.30. The van der Waals surface area contributed by atoms with Crippen molar-refractivity contribution >= 4 is 12.6 Å². The molecule has 1 fully saturated rings. The van der Waals surface area contributed by atoms with E-state index in [1.165, 1.54) is 0 Å². The van der Waals surface area contributed by atoms with Gasteiger partial charge in [0.15, 0.2) is 17.5 Å². The minimum Gasteiger partial charge on any atom is -0.399 e. The third-order valence-electron chi connectivity index (χ3n) is 5.30. The molecule has 2 aromatic rings. The normalized spacial score (nSPS) is 18.6. The molecule has 2 heterocycles. The van der Waals surface area contributed by atoms with Gasteiger partial charge in [-0.2, -0.15) is 5.10 Å². The zero-order valence-electron chi connectivity index (χ0n) is 15.8. The number of aromatic nitrogens is 2. The van der Waals surface area contributed by atoms with Crippen molar-refractivity contribution in [2.24, 2.45) is 0 Å². The molecule has 0 amide bonds. The van der Waals surface area contributed by atoms with Crippen molar-refractivity contribution < 1.29 is 22.5 Å². The maximum Gasteiger partial charge on any atom is 0.498 e. The molecule has 0 radical (unpaired) electrons. The highest BCUT2D eigenvalue weighted by molar-refractivity contribution is 6.63. The first kappa shape index (κ1) is 19.0. The van der Waals surface area contributed by atoms with Crippen LogP contribution < -0.4 is 5.46 Å². The van der Waals surface area contributed by atoms with Gasteiger partial charge in [-0.05, 0) is 59.2 Å². The lowest BCUT2D eigenvalue weighted by atomic mass is 9.77. The number of benzene rings is 1. The first-order valence-electron chi connectivity index (χ1n) is 8.46. The van der Waals surface area contributed by atoms with E-state index in [2.05, 4.69) is 5.10 Å². The van der Waals surface area contributed by atoms with E-state index < -0.39 is 35.8 Å². The number of hydrogen-bond acceptors (Lipinski definition) is 3. The maximum atomic E-state index is 13.5. The zero-order chi connectivity index (χ0) is 19.4. The second-order valence-corrected chi connectivity index (χ2v) is 7.70. The van der Waals surface area contributed by atoms with Crippen LogP contribution in [-0.4, -0.2) is 28.1 Å². The molecule has 3 rings (SSSR count). The van der Waals surface area contributed by atoms with Gasteiger partial charge in [-0.3, -0.25) is 4.68 Å². The van der Waals surface area contributed by atoms with Gasteiger partial charge in [-0.1, -0.05) is 0 Å². The molecule has 1 aromatic carbocycles. The van der Waals surface area contributed by atoms with Crippen LogP contribution >= 0.6 is 0 Å². The fraction of sp³-hybridized carbons (Fsp3) is 0.500. The molecule has 1 saturated heterocycles. The molecule has 1 aliphatic heterocycles. The van der Waals surface area contributed by atoms with Gasteiger partial charge >= 0.3 is 7.12 Å². The van der Waals surface area contributed by atoms with Gasteiger partial charge in [0.25, 0.3) is 0 Å². The number of rotatable bonds is 3. The Kier molecular flexibility index (Phi) is 4.47. The zero-order valence-corrected chi connectivity index (χ0v) is 15.8. The largest absolute Gasteiger partial charge is 0.498 e. The maximum absolute atomic E-state index is 13.5. The molecule has 0 aliphatic carbocycles. The lowest BCUT2D eigenvalue weighted by Crippen LogP contribution is -2.41. The molecule has 0 spiro atoms. The number of halogens is 3. The van der Waals surface area contributed by atoms with E-state index in [1.54, 1.807) is 4.68 Å². The fourth-order valence-electron chi connectivity index (χ4n) is 3.04. The average Bonchev–Trinajstić information content (AvgIpc) is 2.88. The Labute approximate surface area is 151 Å². The van der Waals surface area contributed by atoms with E-state index in [-0.39, 0.29) is 12.1 Å². The van der Waals surface area contributed by atoms with Crippen LogP contribution in [-0.2, 0) is 15.9 Å². The van der Waals surface area contributed by atoms with E-state index in [4.69, 9.17) is 9.31 Å². The summed E-state index contributed by atoms with van der Waals surface area (Å²) in [6.07, 6.45) is 0. The standard InChI is InChI=1S/C18H22BF3N2O2/c1-10-15(19-25-17(3,4)18(5,6)26-19)11(2)24(23-10)9-12-7-13(20)16(22)14(21)8-12/h7-8H,9H2,1-6H3. The van der Waals surface area contributed by atoms with Crippen LogP contribution in [0.1, 0.15) is 44.6 Å². The minimum absolute atomic E-state index is 0.111. The topological polar surface area (TPSA) is 36.3 Å². The summed E-state index contributed by atoms with van der Waals surface area (Å²) in [4.78, 5) is 0. The van der Waals surface area contributed by atoms with Gasteiger partial charge in [0.05, 0.1) is 23.4 Å². The Morgan fingerprint density at radius 3 is 2.00 bits per heavy atom. The first-order chi connectivity index (χ1) is 11.9. The molecule has 0 unspecified atom stereocenters. The molecule has 0 atom stereocenters. The third kappa shape index (κ3) is 3.05. The quantitative estimate of drug-likeness (QED) is 0.618. The molecule has 26 heavy (non-hydrogen) atoms. The summed E-state index contributed by atoms with van der Waals surface area (Å²) in [5, 5.41) is 4.45. The highest BCUT2D eigenvalue weighted by atomic mass is 19.2. The highest BCUT2D eigenvalue weighted by Crippen LogP contribution is 2.37. The molecule has 4 nitrogen and oxygen atoms in total. The second-order valence-electron chi connectivity index (χ2n) is 7.70. The summed E-state index contributed by atoms with van der Waals surface area (Å²) in [6.45, 7) is 11.6. The molecule has 8 heteroatoms. The summed E-state index contributed by atoms with van der Waals surface area (Å²) >= 11 is 0. The van der Waals surface area contributed by atoms with Crippen LogP contribution in [0, 0.1) is 31.3 Å². The molecule has 0 saturated carbocycles. The molecule has 1 aromatic heterocycles. The van der Waals surface area contributed by atoms with Gasteiger partial charge in [0.1, 0.15) is 0 Å². The van der Waals surface area contributed by atoms with Crippen LogP contribution in [0.4, 0.5) is 13.2 Å². The highest BCUT2D eigenvalue weighted by Gasteiger charge is 2.53. The van der Waals surface area contributed by atoms with Crippen LogP contribution in [0.5, 0.6) is 0 Å². The lowest BCUT2D eigenvalue weighted by molar-refractivity contribution is 0.00578. The summed E-state index contributed by atoms with van der Waals surface area (Å²) in [6, 6.07) is 1.95. The minimum atomic E-state index is -1.47. The Morgan fingerprint density at radius 1 is 1.00 bits per heavy atom. The predicted molar refractivity (Wildman–Crippen MR) is 92.8 cm³/mol. The van der Waals surface area contributed by atoms with Crippen molar-refractivity contribution in [2.75, 3.05) is 0 Å². The Hall–Kier alpha value is -1.80. The van der Waals surface area contributed by atoms with Gasteiger partial charge in [-0.15, -0.1) is 0 Å².